The monoisotopic (exact) mass is 316 g/mol. The van der Waals surface area contributed by atoms with Gasteiger partial charge in [0.05, 0.1) is 4.90 Å². The molecule has 22 heavy (non-hydrogen) atoms. The molecule has 0 atom stereocenters. The fourth-order valence-corrected chi connectivity index (χ4v) is 4.54. The zero-order valence-electron chi connectivity index (χ0n) is 12.9. The molecule has 0 amide bonds. The summed E-state index contributed by atoms with van der Waals surface area (Å²) < 4.78 is 27.7. The van der Waals surface area contributed by atoms with Crippen molar-refractivity contribution in [1.29, 1.82) is 0 Å². The molecular weight excluding hydrogens is 296 g/mol. The Balaban J connectivity index is 1.96. The molecule has 0 spiro atoms. The lowest BCUT2D eigenvalue weighted by molar-refractivity contribution is 0.398. The summed E-state index contributed by atoms with van der Waals surface area (Å²) in [4.78, 5) is 4.49. The smallest absolute Gasteiger partial charge is 0.243 e. The highest BCUT2D eigenvalue weighted by atomic mass is 32.2. The molecule has 5 heteroatoms. The van der Waals surface area contributed by atoms with Gasteiger partial charge in [-0.25, -0.2) is 8.42 Å². The van der Waals surface area contributed by atoms with Gasteiger partial charge in [-0.15, -0.1) is 0 Å². The van der Waals surface area contributed by atoms with Crippen LogP contribution in [0.3, 0.4) is 0 Å². The van der Waals surface area contributed by atoms with E-state index in [4.69, 9.17) is 0 Å². The van der Waals surface area contributed by atoms with Gasteiger partial charge in [0, 0.05) is 25.0 Å². The van der Waals surface area contributed by atoms with E-state index >= 15 is 0 Å². The van der Waals surface area contributed by atoms with E-state index in [-0.39, 0.29) is 6.04 Å². The molecule has 1 aromatic heterocycles. The van der Waals surface area contributed by atoms with E-state index in [1.54, 1.807) is 22.8 Å². The Morgan fingerprint density at radius 2 is 2.00 bits per heavy atom. The number of benzene rings is 1. The van der Waals surface area contributed by atoms with Crippen LogP contribution >= 0.6 is 0 Å². The Kier molecular flexibility index (Phi) is 4.02. The lowest BCUT2D eigenvalue weighted by Gasteiger charge is -2.23. The number of rotatable bonds is 5. The molecule has 2 aromatic rings. The quantitative estimate of drug-likeness (QED) is 0.852. The highest BCUT2D eigenvalue weighted by molar-refractivity contribution is 7.89. The van der Waals surface area contributed by atoms with E-state index in [0.717, 1.165) is 29.5 Å². The van der Waals surface area contributed by atoms with Gasteiger partial charge in [0.15, 0.2) is 0 Å². The van der Waals surface area contributed by atoms with Gasteiger partial charge in [-0.05, 0) is 49.9 Å². The Morgan fingerprint density at radius 3 is 2.59 bits per heavy atom. The third-order valence-electron chi connectivity index (χ3n) is 3.93. The molecule has 0 unspecified atom stereocenters. The van der Waals surface area contributed by atoms with Crippen molar-refractivity contribution >= 4 is 10.0 Å². The zero-order chi connectivity index (χ0) is 15.7. The zero-order valence-corrected chi connectivity index (χ0v) is 13.7. The van der Waals surface area contributed by atoms with Crippen molar-refractivity contribution in [2.75, 3.05) is 0 Å². The van der Waals surface area contributed by atoms with Crippen LogP contribution < -0.4 is 0 Å². The molecule has 1 heterocycles. The van der Waals surface area contributed by atoms with Crippen LogP contribution in [0.5, 0.6) is 0 Å². The molecule has 116 valence electrons. The summed E-state index contributed by atoms with van der Waals surface area (Å²) in [6.07, 6.45) is 5.30. The second-order valence-corrected chi connectivity index (χ2v) is 7.77. The number of sulfonamides is 1. The Hall–Kier alpha value is -1.72. The van der Waals surface area contributed by atoms with Crippen LogP contribution in [0.4, 0.5) is 0 Å². The van der Waals surface area contributed by atoms with Gasteiger partial charge in [0.25, 0.3) is 0 Å². The summed E-state index contributed by atoms with van der Waals surface area (Å²) in [7, 11) is -3.48. The predicted molar refractivity (Wildman–Crippen MR) is 85.9 cm³/mol. The van der Waals surface area contributed by atoms with Gasteiger partial charge in [-0.3, -0.25) is 4.98 Å². The molecular formula is C17H20N2O2S. The number of pyridine rings is 1. The summed E-state index contributed by atoms with van der Waals surface area (Å²) in [6, 6.07) is 9.37. The molecule has 1 fully saturated rings. The van der Waals surface area contributed by atoms with Crippen molar-refractivity contribution < 1.29 is 8.42 Å². The molecule has 3 rings (SSSR count). The first-order chi connectivity index (χ1) is 10.5. The Labute approximate surface area is 131 Å². The van der Waals surface area contributed by atoms with Gasteiger partial charge < -0.3 is 0 Å². The Bertz CT molecular complexity index is 769. The average molecular weight is 316 g/mol. The summed E-state index contributed by atoms with van der Waals surface area (Å²) >= 11 is 0. The SMILES string of the molecule is Cc1ccc(S(=O)(=O)N(Cc2cccnc2)C2CC2)c(C)c1. The first-order valence-corrected chi connectivity index (χ1v) is 8.90. The van der Waals surface area contributed by atoms with Gasteiger partial charge in [-0.1, -0.05) is 23.8 Å². The fraction of sp³-hybridized carbons (Fsp3) is 0.353. The van der Waals surface area contributed by atoms with Crippen LogP contribution in [0.25, 0.3) is 0 Å². The minimum absolute atomic E-state index is 0.117. The standard InChI is InChI=1S/C17H20N2O2S/c1-13-5-8-17(14(2)10-13)22(20,21)19(16-6-7-16)12-15-4-3-9-18-11-15/h3-5,8-11,16H,6-7,12H2,1-2H3. The fourth-order valence-electron chi connectivity index (χ4n) is 2.66. The van der Waals surface area contributed by atoms with E-state index in [1.165, 1.54) is 0 Å². The average Bonchev–Trinajstić information content (AvgIpc) is 3.29. The number of aromatic nitrogens is 1. The third kappa shape index (κ3) is 3.05. The summed E-state index contributed by atoms with van der Waals surface area (Å²) in [5.74, 6) is 0. The first kappa shape index (κ1) is 15.2. The lowest BCUT2D eigenvalue weighted by atomic mass is 10.2. The normalized spacial score (nSPS) is 15.2. The van der Waals surface area contributed by atoms with Gasteiger partial charge in [0.2, 0.25) is 10.0 Å². The molecule has 1 aliphatic carbocycles. The third-order valence-corrected chi connectivity index (χ3v) is 5.99. The van der Waals surface area contributed by atoms with E-state index in [9.17, 15) is 8.42 Å². The minimum atomic E-state index is -3.48. The van der Waals surface area contributed by atoms with E-state index in [2.05, 4.69) is 4.98 Å². The molecule has 0 N–H and O–H groups in total. The topological polar surface area (TPSA) is 50.3 Å². The molecule has 1 aliphatic rings. The van der Waals surface area contributed by atoms with Crippen LogP contribution in [0.15, 0.2) is 47.6 Å². The van der Waals surface area contributed by atoms with Crippen molar-refractivity contribution in [2.45, 2.75) is 44.2 Å². The Morgan fingerprint density at radius 1 is 1.23 bits per heavy atom. The highest BCUT2D eigenvalue weighted by Gasteiger charge is 2.38. The maximum atomic E-state index is 13.1. The lowest BCUT2D eigenvalue weighted by Crippen LogP contribution is -2.33. The van der Waals surface area contributed by atoms with Crippen LogP contribution in [0.2, 0.25) is 0 Å². The first-order valence-electron chi connectivity index (χ1n) is 7.46. The number of aryl methyl sites for hydroxylation is 2. The summed E-state index contributed by atoms with van der Waals surface area (Å²) in [5, 5.41) is 0. The number of hydrogen-bond donors (Lipinski definition) is 0. The molecule has 0 bridgehead atoms. The van der Waals surface area contributed by atoms with Crippen molar-refractivity contribution in [3.63, 3.8) is 0 Å². The molecule has 0 aliphatic heterocycles. The molecule has 1 saturated carbocycles. The van der Waals surface area contributed by atoms with Crippen molar-refractivity contribution in [2.24, 2.45) is 0 Å². The molecule has 0 radical (unpaired) electrons. The maximum Gasteiger partial charge on any atom is 0.243 e. The largest absolute Gasteiger partial charge is 0.264 e. The highest BCUT2D eigenvalue weighted by Crippen LogP contribution is 2.34. The van der Waals surface area contributed by atoms with E-state index in [1.807, 2.05) is 38.1 Å². The molecule has 0 saturated heterocycles. The predicted octanol–water partition coefficient (Wildman–Crippen LogP) is 3.05. The van der Waals surface area contributed by atoms with Crippen molar-refractivity contribution in [1.82, 2.24) is 9.29 Å². The van der Waals surface area contributed by atoms with Crippen LogP contribution in [-0.2, 0) is 16.6 Å². The van der Waals surface area contributed by atoms with Crippen molar-refractivity contribution in [3.8, 4) is 0 Å². The van der Waals surface area contributed by atoms with Gasteiger partial charge in [0.1, 0.15) is 0 Å². The number of nitrogens with zero attached hydrogens (tertiary/aromatic N) is 2. The second-order valence-electron chi connectivity index (χ2n) is 5.91. The van der Waals surface area contributed by atoms with Crippen LogP contribution in [0, 0.1) is 13.8 Å². The summed E-state index contributed by atoms with van der Waals surface area (Å²) in [5.41, 5.74) is 2.79. The number of hydrogen-bond acceptors (Lipinski definition) is 3. The molecule has 4 nitrogen and oxygen atoms in total. The van der Waals surface area contributed by atoms with E-state index < -0.39 is 10.0 Å². The van der Waals surface area contributed by atoms with Crippen molar-refractivity contribution in [3.05, 3.63) is 59.4 Å². The molecule has 1 aromatic carbocycles. The van der Waals surface area contributed by atoms with Gasteiger partial charge >= 0.3 is 0 Å². The summed E-state index contributed by atoms with van der Waals surface area (Å²) in [6.45, 7) is 4.21. The second kappa shape index (κ2) is 5.82. The minimum Gasteiger partial charge on any atom is -0.264 e. The van der Waals surface area contributed by atoms with E-state index in [0.29, 0.717) is 11.4 Å². The van der Waals surface area contributed by atoms with Gasteiger partial charge in [-0.2, -0.15) is 4.31 Å². The van der Waals surface area contributed by atoms with Crippen LogP contribution in [0.1, 0.15) is 29.5 Å². The van der Waals surface area contributed by atoms with Crippen LogP contribution in [-0.4, -0.2) is 23.7 Å². The maximum absolute atomic E-state index is 13.1.